The zero-order chi connectivity index (χ0) is 22.6. The molecule has 0 atom stereocenters. The Morgan fingerprint density at radius 3 is 2.13 bits per heavy atom. The van der Waals surface area contributed by atoms with Crippen LogP contribution >= 0.6 is 0 Å². The predicted octanol–water partition coefficient (Wildman–Crippen LogP) is 4.86. The smallest absolute Gasteiger partial charge is 0.417 e. The summed E-state index contributed by atoms with van der Waals surface area (Å²) in [5, 5.41) is 0. The lowest BCUT2D eigenvalue weighted by molar-refractivity contribution is -0.139. The summed E-state index contributed by atoms with van der Waals surface area (Å²) in [5.74, 6) is -1.51. The van der Waals surface area contributed by atoms with Crippen LogP contribution in [0.5, 0.6) is 0 Å². The Morgan fingerprint density at radius 2 is 1.52 bits per heavy atom. The predicted molar refractivity (Wildman–Crippen MR) is 109 cm³/mol. The molecule has 0 N–H and O–H groups in total. The van der Waals surface area contributed by atoms with Crippen molar-refractivity contribution in [1.82, 2.24) is 0 Å². The van der Waals surface area contributed by atoms with Gasteiger partial charge in [0.2, 0.25) is 0 Å². The van der Waals surface area contributed by atoms with Crippen LogP contribution in [0.1, 0.15) is 5.56 Å². The number of halogens is 3. The van der Waals surface area contributed by atoms with Gasteiger partial charge in [0.05, 0.1) is 25.4 Å². The number of methoxy groups -OCH3 is 2. The molecule has 31 heavy (non-hydrogen) atoms. The molecule has 0 unspecified atom stereocenters. The van der Waals surface area contributed by atoms with E-state index in [1.807, 2.05) is 0 Å². The zero-order valence-corrected chi connectivity index (χ0v) is 16.6. The van der Waals surface area contributed by atoms with Gasteiger partial charge in [-0.15, -0.1) is 0 Å². The Balaban J connectivity index is 2.08. The number of esters is 2. The molecule has 2 aromatic rings. The van der Waals surface area contributed by atoms with Crippen LogP contribution in [0.2, 0.25) is 0 Å². The van der Waals surface area contributed by atoms with Crippen molar-refractivity contribution in [3.63, 3.8) is 0 Å². The highest BCUT2D eigenvalue weighted by Gasteiger charge is 2.33. The van der Waals surface area contributed by atoms with E-state index < -0.39 is 23.7 Å². The van der Waals surface area contributed by atoms with Crippen LogP contribution in [0, 0.1) is 0 Å². The maximum absolute atomic E-state index is 13.4. The van der Waals surface area contributed by atoms with Crippen molar-refractivity contribution in [3.8, 4) is 11.1 Å². The number of alkyl halides is 3. The Hall–Kier alpha value is -3.81. The number of nitrogens with zero attached hydrogens (tertiary/aromatic N) is 1. The third kappa shape index (κ3) is 4.53. The van der Waals surface area contributed by atoms with Gasteiger partial charge in [0.15, 0.2) is 0 Å². The lowest BCUT2D eigenvalue weighted by Crippen LogP contribution is -2.26. The molecule has 0 fully saturated rings. The van der Waals surface area contributed by atoms with Crippen LogP contribution in [0.3, 0.4) is 0 Å². The van der Waals surface area contributed by atoms with Crippen LogP contribution in [-0.4, -0.2) is 26.2 Å². The topological polar surface area (TPSA) is 55.8 Å². The number of anilines is 1. The zero-order valence-electron chi connectivity index (χ0n) is 16.6. The Morgan fingerprint density at radius 1 is 0.871 bits per heavy atom. The minimum absolute atomic E-state index is 0.0224. The molecule has 5 nitrogen and oxygen atoms in total. The summed E-state index contributed by atoms with van der Waals surface area (Å²) in [6.07, 6.45) is 1.62. The van der Waals surface area contributed by atoms with E-state index in [1.54, 1.807) is 24.3 Å². The SMILES string of the molecule is COC(=O)C1=C(C(=O)OC)N(c2ccc(-c3ccccc3C(F)(F)F)cc2)C=CC=C1. The second-order valence-electron chi connectivity index (χ2n) is 6.41. The fraction of sp³-hybridized carbons (Fsp3) is 0.130. The fourth-order valence-corrected chi connectivity index (χ4v) is 3.15. The van der Waals surface area contributed by atoms with E-state index in [0.717, 1.165) is 6.07 Å². The molecule has 2 aromatic carbocycles. The molecule has 0 spiro atoms. The molecule has 0 aliphatic carbocycles. The molecule has 1 heterocycles. The average Bonchev–Trinajstić information content (AvgIpc) is 3.00. The van der Waals surface area contributed by atoms with Crippen molar-refractivity contribution in [2.24, 2.45) is 0 Å². The Kier molecular flexibility index (Phi) is 6.29. The highest BCUT2D eigenvalue weighted by Crippen LogP contribution is 2.37. The maximum atomic E-state index is 13.4. The Labute approximate surface area is 176 Å². The molecule has 0 saturated carbocycles. The van der Waals surface area contributed by atoms with Gasteiger partial charge in [-0.1, -0.05) is 36.4 Å². The van der Waals surface area contributed by atoms with E-state index in [9.17, 15) is 22.8 Å². The summed E-state index contributed by atoms with van der Waals surface area (Å²) in [6.45, 7) is 0. The lowest BCUT2D eigenvalue weighted by atomic mass is 9.99. The van der Waals surface area contributed by atoms with Gasteiger partial charge in [-0.25, -0.2) is 9.59 Å². The second kappa shape index (κ2) is 8.91. The first kappa shape index (κ1) is 21.9. The highest BCUT2D eigenvalue weighted by atomic mass is 19.4. The van der Waals surface area contributed by atoms with E-state index in [-0.39, 0.29) is 16.8 Å². The molecular weight excluding hydrogens is 411 g/mol. The summed E-state index contributed by atoms with van der Waals surface area (Å²) in [4.78, 5) is 26.1. The van der Waals surface area contributed by atoms with E-state index >= 15 is 0 Å². The maximum Gasteiger partial charge on any atom is 0.417 e. The van der Waals surface area contributed by atoms with Crippen molar-refractivity contribution < 1.29 is 32.2 Å². The lowest BCUT2D eigenvalue weighted by Gasteiger charge is -2.23. The quantitative estimate of drug-likeness (QED) is 0.650. The molecule has 8 heteroatoms. The standard InChI is InChI=1S/C23H18F3NO4/c1-30-21(28)18-8-5-6-14-27(20(18)22(29)31-2)16-12-10-15(11-13-16)17-7-3-4-9-19(17)23(24,25)26/h3-14H,1-2H3. The van der Waals surface area contributed by atoms with E-state index in [2.05, 4.69) is 0 Å². The first-order valence-corrected chi connectivity index (χ1v) is 9.09. The number of ether oxygens (including phenoxy) is 2. The normalized spacial score (nSPS) is 13.8. The number of benzene rings is 2. The van der Waals surface area contributed by atoms with Crippen LogP contribution in [0.25, 0.3) is 11.1 Å². The second-order valence-corrected chi connectivity index (χ2v) is 6.41. The van der Waals surface area contributed by atoms with Crippen molar-refractivity contribution in [1.29, 1.82) is 0 Å². The molecule has 0 saturated heterocycles. The third-order valence-corrected chi connectivity index (χ3v) is 4.58. The summed E-state index contributed by atoms with van der Waals surface area (Å²) in [7, 11) is 2.37. The molecule has 160 valence electrons. The van der Waals surface area contributed by atoms with Crippen molar-refractivity contribution in [3.05, 3.63) is 89.8 Å². The average molecular weight is 429 g/mol. The van der Waals surface area contributed by atoms with E-state index in [4.69, 9.17) is 9.47 Å². The first-order chi connectivity index (χ1) is 14.8. The molecule has 0 amide bonds. The summed E-state index contributed by atoms with van der Waals surface area (Å²) >= 11 is 0. The number of rotatable bonds is 4. The molecular formula is C23H18F3NO4. The van der Waals surface area contributed by atoms with Crippen molar-refractivity contribution in [2.45, 2.75) is 6.18 Å². The molecule has 1 aliphatic heterocycles. The third-order valence-electron chi connectivity index (χ3n) is 4.58. The number of carbonyl (C=O) groups excluding carboxylic acids is 2. The van der Waals surface area contributed by atoms with Crippen molar-refractivity contribution in [2.75, 3.05) is 19.1 Å². The molecule has 0 aromatic heterocycles. The molecule has 0 radical (unpaired) electrons. The van der Waals surface area contributed by atoms with Crippen molar-refractivity contribution >= 4 is 17.6 Å². The Bertz CT molecular complexity index is 1080. The van der Waals surface area contributed by atoms with Gasteiger partial charge in [-0.05, 0) is 41.5 Å². The van der Waals surface area contributed by atoms with Crippen LogP contribution < -0.4 is 4.90 Å². The van der Waals surface area contributed by atoms with Gasteiger partial charge in [0.25, 0.3) is 0 Å². The van der Waals surface area contributed by atoms with Gasteiger partial charge < -0.3 is 14.4 Å². The van der Waals surface area contributed by atoms with Gasteiger partial charge in [0, 0.05) is 11.9 Å². The number of hydrogen-bond acceptors (Lipinski definition) is 5. The van der Waals surface area contributed by atoms with Crippen LogP contribution in [-0.2, 0) is 25.2 Å². The van der Waals surface area contributed by atoms with Gasteiger partial charge in [-0.3, -0.25) is 0 Å². The minimum Gasteiger partial charge on any atom is -0.465 e. The van der Waals surface area contributed by atoms with E-state index in [0.29, 0.717) is 11.3 Å². The van der Waals surface area contributed by atoms with Crippen LogP contribution in [0.4, 0.5) is 18.9 Å². The first-order valence-electron chi connectivity index (χ1n) is 9.09. The number of allylic oxidation sites excluding steroid dienone is 2. The van der Waals surface area contributed by atoms with Crippen LogP contribution in [0.15, 0.2) is 84.2 Å². The van der Waals surface area contributed by atoms with Gasteiger partial charge in [-0.2, -0.15) is 13.2 Å². The minimum atomic E-state index is -4.50. The summed E-state index contributed by atoms with van der Waals surface area (Å²) in [6, 6.07) is 11.4. The number of carbonyl (C=O) groups is 2. The number of hydrogen-bond donors (Lipinski definition) is 0. The van der Waals surface area contributed by atoms with Gasteiger partial charge >= 0.3 is 18.1 Å². The molecule has 3 rings (SSSR count). The largest absolute Gasteiger partial charge is 0.465 e. The van der Waals surface area contributed by atoms with Gasteiger partial charge in [0.1, 0.15) is 5.70 Å². The van der Waals surface area contributed by atoms with E-state index in [1.165, 1.54) is 61.7 Å². The molecule has 0 bridgehead atoms. The summed E-state index contributed by atoms with van der Waals surface area (Å²) < 4.78 is 49.7. The summed E-state index contributed by atoms with van der Waals surface area (Å²) in [5.41, 5.74) is -0.0210. The molecule has 1 aliphatic rings. The fourth-order valence-electron chi connectivity index (χ4n) is 3.15. The highest BCUT2D eigenvalue weighted by molar-refractivity contribution is 6.05. The monoisotopic (exact) mass is 429 g/mol.